The number of imide groups is 1. The first kappa shape index (κ1) is 20.9. The predicted octanol–water partition coefficient (Wildman–Crippen LogP) is 2.83. The summed E-state index contributed by atoms with van der Waals surface area (Å²) in [6, 6.07) is 12.9. The third kappa shape index (κ3) is 3.47. The topological polar surface area (TPSA) is 93.5 Å². The van der Waals surface area contributed by atoms with E-state index in [-0.39, 0.29) is 18.2 Å². The number of carbonyl (C=O) groups excluding carboxylic acids is 3. The summed E-state index contributed by atoms with van der Waals surface area (Å²) < 4.78 is 7.44. The molecule has 1 N–H and O–H groups in total. The molecule has 1 saturated heterocycles. The average Bonchev–Trinajstić information content (AvgIpc) is 3.29. The Morgan fingerprint density at radius 1 is 1.09 bits per heavy atom. The third-order valence-electron chi connectivity index (χ3n) is 6.46. The summed E-state index contributed by atoms with van der Waals surface area (Å²) in [5, 5.41) is 2.34. The van der Waals surface area contributed by atoms with Gasteiger partial charge in [0.15, 0.2) is 0 Å². The molecule has 1 fully saturated rings. The second kappa shape index (κ2) is 7.88. The molecule has 168 valence electrons. The Kier molecular flexibility index (Phi) is 5.00. The van der Waals surface area contributed by atoms with Gasteiger partial charge in [-0.2, -0.15) is 0 Å². The molecular weight excluding hydrogens is 420 g/mol. The molecule has 0 aliphatic carbocycles. The van der Waals surface area contributed by atoms with Gasteiger partial charge in [0.1, 0.15) is 17.6 Å². The van der Waals surface area contributed by atoms with Gasteiger partial charge in [-0.05, 0) is 43.2 Å². The lowest BCUT2D eigenvalue weighted by Crippen LogP contribution is -2.52. The van der Waals surface area contributed by atoms with Crippen LogP contribution in [0.2, 0.25) is 0 Å². The molecule has 8 heteroatoms. The molecule has 3 amide bonds. The van der Waals surface area contributed by atoms with Crippen molar-refractivity contribution in [2.75, 3.05) is 7.11 Å². The zero-order valence-corrected chi connectivity index (χ0v) is 18.7. The van der Waals surface area contributed by atoms with Gasteiger partial charge in [-0.25, -0.2) is 4.98 Å². The number of amides is 3. The number of rotatable bonds is 4. The quantitative estimate of drug-likeness (QED) is 0.625. The number of aromatic nitrogens is 2. The minimum absolute atomic E-state index is 0.184. The molecule has 1 aromatic heterocycles. The van der Waals surface area contributed by atoms with E-state index in [0.717, 1.165) is 39.7 Å². The Morgan fingerprint density at radius 2 is 1.91 bits per heavy atom. The Morgan fingerprint density at radius 3 is 2.67 bits per heavy atom. The van der Waals surface area contributed by atoms with Crippen molar-refractivity contribution in [3.63, 3.8) is 0 Å². The second-order valence-corrected chi connectivity index (χ2v) is 8.42. The summed E-state index contributed by atoms with van der Waals surface area (Å²) in [7, 11) is 3.61. The molecule has 1 unspecified atom stereocenters. The van der Waals surface area contributed by atoms with Gasteiger partial charge in [0.25, 0.3) is 5.91 Å². The molecule has 8 nitrogen and oxygen atoms in total. The second-order valence-electron chi connectivity index (χ2n) is 8.42. The summed E-state index contributed by atoms with van der Waals surface area (Å²) >= 11 is 0. The van der Waals surface area contributed by atoms with Crippen molar-refractivity contribution in [3.8, 4) is 28.3 Å². The van der Waals surface area contributed by atoms with E-state index in [1.54, 1.807) is 18.1 Å². The fourth-order valence-electron chi connectivity index (χ4n) is 4.63. The first-order chi connectivity index (χ1) is 15.9. The van der Waals surface area contributed by atoms with E-state index in [0.29, 0.717) is 18.5 Å². The highest BCUT2D eigenvalue weighted by atomic mass is 16.5. The minimum atomic E-state index is -0.629. The lowest BCUT2D eigenvalue weighted by Gasteiger charge is -2.29. The van der Waals surface area contributed by atoms with Crippen molar-refractivity contribution >= 4 is 17.7 Å². The smallest absolute Gasteiger partial charge is 0.255 e. The van der Waals surface area contributed by atoms with Crippen molar-refractivity contribution in [2.45, 2.75) is 32.4 Å². The van der Waals surface area contributed by atoms with Crippen LogP contribution in [0, 0.1) is 6.92 Å². The summed E-state index contributed by atoms with van der Waals surface area (Å²) in [5.74, 6) is 0.740. The van der Waals surface area contributed by atoms with E-state index >= 15 is 0 Å². The molecular formula is C25H24N4O4. The van der Waals surface area contributed by atoms with Gasteiger partial charge in [0, 0.05) is 36.7 Å². The standard InChI is InChI=1S/C25H24N4O4/c1-14-26-22(23(28(14)2)16-5-4-6-18(12-16)33-3)15-7-8-19-17(11-15)13-29(25(19)32)20-9-10-21(30)27-24(20)31/h4-8,11-12,20H,9-10,13H2,1-3H3,(H,27,30,31). The van der Waals surface area contributed by atoms with Crippen molar-refractivity contribution in [1.82, 2.24) is 19.8 Å². The first-order valence-electron chi connectivity index (χ1n) is 10.8. The molecule has 2 aromatic carbocycles. The third-order valence-corrected chi connectivity index (χ3v) is 6.46. The molecule has 2 aliphatic heterocycles. The molecule has 0 bridgehead atoms. The van der Waals surface area contributed by atoms with Gasteiger partial charge in [-0.1, -0.05) is 18.2 Å². The van der Waals surface area contributed by atoms with Gasteiger partial charge in [0.2, 0.25) is 11.8 Å². The Balaban J connectivity index is 1.52. The molecule has 2 aliphatic rings. The highest BCUT2D eigenvalue weighted by Gasteiger charge is 2.39. The molecule has 0 spiro atoms. The van der Waals surface area contributed by atoms with Crippen molar-refractivity contribution in [1.29, 1.82) is 0 Å². The fourth-order valence-corrected chi connectivity index (χ4v) is 4.63. The van der Waals surface area contributed by atoms with E-state index in [9.17, 15) is 14.4 Å². The number of carbonyl (C=O) groups is 3. The van der Waals surface area contributed by atoms with Crippen LogP contribution in [0.3, 0.4) is 0 Å². The molecule has 0 saturated carbocycles. The number of methoxy groups -OCH3 is 1. The monoisotopic (exact) mass is 444 g/mol. The maximum Gasteiger partial charge on any atom is 0.255 e. The molecule has 1 atom stereocenters. The predicted molar refractivity (Wildman–Crippen MR) is 121 cm³/mol. The van der Waals surface area contributed by atoms with Crippen LogP contribution in [0.4, 0.5) is 0 Å². The van der Waals surface area contributed by atoms with Crippen LogP contribution in [0.5, 0.6) is 5.75 Å². The molecule has 5 rings (SSSR count). The van der Waals surface area contributed by atoms with Gasteiger partial charge in [-0.3, -0.25) is 19.7 Å². The Hall–Kier alpha value is -3.94. The van der Waals surface area contributed by atoms with Crippen LogP contribution in [0.1, 0.15) is 34.6 Å². The van der Waals surface area contributed by atoms with Crippen molar-refractivity contribution < 1.29 is 19.1 Å². The normalized spacial score (nSPS) is 17.8. The van der Waals surface area contributed by atoms with E-state index in [4.69, 9.17) is 9.72 Å². The molecule has 0 radical (unpaired) electrons. The average molecular weight is 444 g/mol. The van der Waals surface area contributed by atoms with E-state index < -0.39 is 11.9 Å². The highest BCUT2D eigenvalue weighted by molar-refractivity contribution is 6.05. The summed E-state index contributed by atoms with van der Waals surface area (Å²) in [4.78, 5) is 43.2. The van der Waals surface area contributed by atoms with Gasteiger partial charge >= 0.3 is 0 Å². The van der Waals surface area contributed by atoms with Gasteiger partial charge < -0.3 is 14.2 Å². The molecule has 3 heterocycles. The lowest BCUT2D eigenvalue weighted by atomic mass is 10.0. The number of hydrogen-bond donors (Lipinski definition) is 1. The zero-order chi connectivity index (χ0) is 23.3. The number of ether oxygens (including phenoxy) is 1. The number of fused-ring (bicyclic) bond motifs is 1. The van der Waals surface area contributed by atoms with E-state index in [1.807, 2.05) is 54.9 Å². The SMILES string of the molecule is COc1cccc(-c2c(-c3ccc4c(c3)CN(C3CCC(=O)NC3=O)C4=O)nc(C)n2C)c1. The molecule has 33 heavy (non-hydrogen) atoms. The van der Waals surface area contributed by atoms with Crippen molar-refractivity contribution in [2.24, 2.45) is 7.05 Å². The van der Waals surface area contributed by atoms with Gasteiger partial charge in [-0.15, -0.1) is 0 Å². The number of benzene rings is 2. The van der Waals surface area contributed by atoms with E-state index in [2.05, 4.69) is 5.32 Å². The maximum absolute atomic E-state index is 13.0. The van der Waals surface area contributed by atoms with Crippen LogP contribution in [0.25, 0.3) is 22.5 Å². The van der Waals surface area contributed by atoms with E-state index in [1.165, 1.54) is 0 Å². The van der Waals surface area contributed by atoms with Crippen LogP contribution in [-0.2, 0) is 23.2 Å². The number of aryl methyl sites for hydroxylation is 1. The fraction of sp³-hybridized carbons (Fsp3) is 0.280. The summed E-state index contributed by atoms with van der Waals surface area (Å²) in [6.07, 6.45) is 0.579. The number of piperidine rings is 1. The maximum atomic E-state index is 13.0. The van der Waals surface area contributed by atoms with Crippen molar-refractivity contribution in [3.05, 3.63) is 59.4 Å². The largest absolute Gasteiger partial charge is 0.497 e. The van der Waals surface area contributed by atoms with Crippen LogP contribution in [0.15, 0.2) is 42.5 Å². The Labute approximate surface area is 191 Å². The summed E-state index contributed by atoms with van der Waals surface area (Å²) in [6.45, 7) is 2.28. The van der Waals surface area contributed by atoms with Crippen LogP contribution >= 0.6 is 0 Å². The number of nitrogens with zero attached hydrogens (tertiary/aromatic N) is 3. The highest BCUT2D eigenvalue weighted by Crippen LogP contribution is 2.36. The Bertz CT molecular complexity index is 1310. The minimum Gasteiger partial charge on any atom is -0.497 e. The van der Waals surface area contributed by atoms with Gasteiger partial charge in [0.05, 0.1) is 18.5 Å². The first-order valence-corrected chi connectivity index (χ1v) is 10.8. The lowest BCUT2D eigenvalue weighted by molar-refractivity contribution is -0.136. The molecule has 3 aromatic rings. The summed E-state index contributed by atoms with van der Waals surface area (Å²) in [5.41, 5.74) is 5.08. The number of nitrogens with one attached hydrogen (secondary N) is 1. The zero-order valence-electron chi connectivity index (χ0n) is 18.7. The van der Waals surface area contributed by atoms with Crippen LogP contribution in [-0.4, -0.2) is 45.3 Å². The number of imidazole rings is 1. The van der Waals surface area contributed by atoms with Crippen LogP contribution < -0.4 is 10.1 Å². The number of hydrogen-bond acceptors (Lipinski definition) is 5.